The Morgan fingerprint density at radius 2 is 1.76 bits per heavy atom. The Morgan fingerprint density at radius 3 is 2.40 bits per heavy atom. The standard InChI is InChI=1S/C19H16N2O3S/c1-24-15-9-7-13(8-10-15)11-16-17(22)20-19(25)21(18(16)23)12-14-5-3-2-4-6-14/h2-11H,12H2,1H3,(H,20,22,25)/b16-11-. The fourth-order valence-corrected chi connectivity index (χ4v) is 2.71. The number of amides is 2. The Balaban J connectivity index is 1.87. The van der Waals surface area contributed by atoms with Crippen LogP contribution in [0.25, 0.3) is 6.08 Å². The molecule has 25 heavy (non-hydrogen) atoms. The van der Waals surface area contributed by atoms with E-state index in [-0.39, 0.29) is 10.7 Å². The van der Waals surface area contributed by atoms with E-state index in [0.29, 0.717) is 12.3 Å². The quantitative estimate of drug-likeness (QED) is 0.522. The van der Waals surface area contributed by atoms with Gasteiger partial charge in [-0.2, -0.15) is 0 Å². The fraction of sp³-hybridized carbons (Fsp3) is 0.105. The first kappa shape index (κ1) is 16.9. The number of nitrogens with one attached hydrogen (secondary N) is 1. The molecule has 0 bridgehead atoms. The van der Waals surface area contributed by atoms with Crippen molar-refractivity contribution in [1.82, 2.24) is 10.2 Å². The smallest absolute Gasteiger partial charge is 0.265 e. The minimum atomic E-state index is -0.491. The van der Waals surface area contributed by atoms with Gasteiger partial charge < -0.3 is 4.74 Å². The van der Waals surface area contributed by atoms with E-state index >= 15 is 0 Å². The summed E-state index contributed by atoms with van der Waals surface area (Å²) in [5.41, 5.74) is 1.71. The molecular weight excluding hydrogens is 336 g/mol. The summed E-state index contributed by atoms with van der Waals surface area (Å²) < 4.78 is 5.11. The van der Waals surface area contributed by atoms with Crippen molar-refractivity contribution in [3.63, 3.8) is 0 Å². The van der Waals surface area contributed by atoms with E-state index in [1.807, 2.05) is 30.3 Å². The molecule has 1 heterocycles. The maximum atomic E-state index is 12.8. The normalized spacial score (nSPS) is 16.1. The van der Waals surface area contributed by atoms with Crippen LogP contribution >= 0.6 is 12.2 Å². The topological polar surface area (TPSA) is 58.6 Å². The number of thiocarbonyl (C=S) groups is 1. The third kappa shape index (κ3) is 3.75. The Kier molecular flexibility index (Phi) is 4.90. The summed E-state index contributed by atoms with van der Waals surface area (Å²) in [6.45, 7) is 0.304. The van der Waals surface area contributed by atoms with Crippen LogP contribution in [0.5, 0.6) is 5.75 Å². The molecule has 0 saturated carbocycles. The van der Waals surface area contributed by atoms with Crippen LogP contribution in [0.15, 0.2) is 60.2 Å². The third-order valence-electron chi connectivity index (χ3n) is 3.80. The Bertz CT molecular complexity index is 845. The molecule has 3 rings (SSSR count). The van der Waals surface area contributed by atoms with Gasteiger partial charge in [-0.05, 0) is 41.6 Å². The lowest BCUT2D eigenvalue weighted by atomic mass is 10.1. The van der Waals surface area contributed by atoms with E-state index in [2.05, 4.69) is 5.32 Å². The number of hydrogen-bond acceptors (Lipinski definition) is 4. The molecule has 1 aliphatic rings. The maximum Gasteiger partial charge on any atom is 0.265 e. The molecule has 1 fully saturated rings. The van der Waals surface area contributed by atoms with E-state index in [9.17, 15) is 9.59 Å². The first-order chi connectivity index (χ1) is 12.1. The van der Waals surface area contributed by atoms with Crippen molar-refractivity contribution >= 4 is 35.2 Å². The number of hydrogen-bond donors (Lipinski definition) is 1. The van der Waals surface area contributed by atoms with Gasteiger partial charge >= 0.3 is 0 Å². The first-order valence-corrected chi connectivity index (χ1v) is 8.06. The summed E-state index contributed by atoms with van der Waals surface area (Å²) in [5.74, 6) is -0.197. The highest BCUT2D eigenvalue weighted by Crippen LogP contribution is 2.19. The summed E-state index contributed by atoms with van der Waals surface area (Å²) >= 11 is 5.16. The average molecular weight is 352 g/mol. The van der Waals surface area contributed by atoms with Crippen molar-refractivity contribution in [2.75, 3.05) is 7.11 Å². The van der Waals surface area contributed by atoms with E-state index in [1.165, 1.54) is 4.90 Å². The summed E-state index contributed by atoms with van der Waals surface area (Å²) in [4.78, 5) is 26.4. The molecule has 2 aromatic carbocycles. The molecular formula is C19H16N2O3S. The van der Waals surface area contributed by atoms with Crippen molar-refractivity contribution in [2.45, 2.75) is 6.54 Å². The summed E-state index contributed by atoms with van der Waals surface area (Å²) in [5, 5.41) is 2.69. The molecule has 1 aliphatic heterocycles. The number of methoxy groups -OCH3 is 1. The lowest BCUT2D eigenvalue weighted by Crippen LogP contribution is -2.53. The van der Waals surface area contributed by atoms with E-state index in [0.717, 1.165) is 11.1 Å². The number of rotatable bonds is 4. The second kappa shape index (κ2) is 7.27. The Morgan fingerprint density at radius 1 is 1.08 bits per heavy atom. The van der Waals surface area contributed by atoms with Crippen molar-refractivity contribution in [2.24, 2.45) is 0 Å². The predicted octanol–water partition coefficient (Wildman–Crippen LogP) is 2.52. The molecule has 0 radical (unpaired) electrons. The number of ether oxygens (including phenoxy) is 1. The predicted molar refractivity (Wildman–Crippen MR) is 98.7 cm³/mol. The average Bonchev–Trinajstić information content (AvgIpc) is 2.63. The molecule has 2 amide bonds. The molecule has 1 N–H and O–H groups in total. The van der Waals surface area contributed by atoms with Crippen LogP contribution in [-0.2, 0) is 16.1 Å². The number of carbonyl (C=O) groups excluding carboxylic acids is 2. The zero-order chi connectivity index (χ0) is 17.8. The van der Waals surface area contributed by atoms with Gasteiger partial charge in [-0.3, -0.25) is 19.8 Å². The van der Waals surface area contributed by atoms with Gasteiger partial charge in [-0.15, -0.1) is 0 Å². The van der Waals surface area contributed by atoms with E-state index in [4.69, 9.17) is 17.0 Å². The molecule has 6 heteroatoms. The second-order valence-corrected chi connectivity index (χ2v) is 5.85. The van der Waals surface area contributed by atoms with Gasteiger partial charge in [0.2, 0.25) is 0 Å². The molecule has 5 nitrogen and oxygen atoms in total. The maximum absolute atomic E-state index is 12.8. The van der Waals surface area contributed by atoms with Crippen LogP contribution in [0.2, 0.25) is 0 Å². The molecule has 2 aromatic rings. The molecule has 0 unspecified atom stereocenters. The van der Waals surface area contributed by atoms with Gasteiger partial charge in [0.15, 0.2) is 5.11 Å². The highest BCUT2D eigenvalue weighted by molar-refractivity contribution is 7.80. The van der Waals surface area contributed by atoms with Crippen LogP contribution < -0.4 is 10.1 Å². The van der Waals surface area contributed by atoms with Gasteiger partial charge in [0.1, 0.15) is 11.3 Å². The first-order valence-electron chi connectivity index (χ1n) is 7.65. The molecule has 126 valence electrons. The number of benzene rings is 2. The van der Waals surface area contributed by atoms with Gasteiger partial charge in [-0.1, -0.05) is 42.5 Å². The highest BCUT2D eigenvalue weighted by atomic mass is 32.1. The Hall–Kier alpha value is -2.99. The van der Waals surface area contributed by atoms with Gasteiger partial charge in [0.05, 0.1) is 13.7 Å². The van der Waals surface area contributed by atoms with Gasteiger partial charge in [-0.25, -0.2) is 0 Å². The SMILES string of the molecule is COc1ccc(/C=C2/C(=O)NC(=S)N(Cc3ccccc3)C2=O)cc1. The zero-order valence-corrected chi connectivity index (χ0v) is 14.4. The number of nitrogens with zero attached hydrogens (tertiary/aromatic N) is 1. The van der Waals surface area contributed by atoms with Crippen molar-refractivity contribution in [3.05, 3.63) is 71.3 Å². The monoisotopic (exact) mass is 352 g/mol. The molecule has 1 saturated heterocycles. The van der Waals surface area contributed by atoms with Crippen LogP contribution in [-0.4, -0.2) is 28.9 Å². The fourth-order valence-electron chi connectivity index (χ4n) is 2.47. The van der Waals surface area contributed by atoms with Gasteiger partial charge in [0, 0.05) is 0 Å². The van der Waals surface area contributed by atoms with Crippen molar-refractivity contribution < 1.29 is 14.3 Å². The zero-order valence-electron chi connectivity index (χ0n) is 13.6. The van der Waals surface area contributed by atoms with Gasteiger partial charge in [0.25, 0.3) is 11.8 Å². The highest BCUT2D eigenvalue weighted by Gasteiger charge is 2.33. The minimum absolute atomic E-state index is 0.0506. The Labute approximate surface area is 150 Å². The summed E-state index contributed by atoms with van der Waals surface area (Å²) in [6.07, 6.45) is 1.55. The van der Waals surface area contributed by atoms with Crippen LogP contribution in [0.3, 0.4) is 0 Å². The van der Waals surface area contributed by atoms with Crippen molar-refractivity contribution in [1.29, 1.82) is 0 Å². The largest absolute Gasteiger partial charge is 0.497 e. The van der Waals surface area contributed by atoms with Crippen molar-refractivity contribution in [3.8, 4) is 5.75 Å². The van der Waals surface area contributed by atoms with Crippen LogP contribution in [0.1, 0.15) is 11.1 Å². The lowest BCUT2D eigenvalue weighted by Gasteiger charge is -2.29. The summed E-state index contributed by atoms with van der Waals surface area (Å²) in [6, 6.07) is 16.6. The number of carbonyl (C=O) groups is 2. The molecule has 0 spiro atoms. The van der Waals surface area contributed by atoms with Crippen LogP contribution in [0, 0.1) is 0 Å². The second-order valence-electron chi connectivity index (χ2n) is 5.47. The third-order valence-corrected chi connectivity index (χ3v) is 4.12. The van der Waals surface area contributed by atoms with Crippen LogP contribution in [0.4, 0.5) is 0 Å². The lowest BCUT2D eigenvalue weighted by molar-refractivity contribution is -0.129. The molecule has 0 aliphatic carbocycles. The van der Waals surface area contributed by atoms with E-state index in [1.54, 1.807) is 37.5 Å². The summed E-state index contributed by atoms with van der Waals surface area (Å²) in [7, 11) is 1.58. The molecule has 0 aromatic heterocycles. The van der Waals surface area contributed by atoms with E-state index < -0.39 is 11.8 Å². The molecule has 0 atom stereocenters. The minimum Gasteiger partial charge on any atom is -0.497 e.